The third-order valence-corrected chi connectivity index (χ3v) is 2.18. The predicted octanol–water partition coefficient (Wildman–Crippen LogP) is 2.68. The molecule has 1 aromatic rings. The van der Waals surface area contributed by atoms with Crippen LogP contribution in [-0.4, -0.2) is 11.7 Å². The van der Waals surface area contributed by atoms with Gasteiger partial charge in [0.1, 0.15) is 5.84 Å². The molecule has 0 saturated heterocycles. The maximum atomic E-state index is 10.9. The quantitative estimate of drug-likeness (QED) is 0.609. The Labute approximate surface area is 102 Å². The number of amides is 1. The lowest BCUT2D eigenvalue weighted by atomic mass is 9.95. The summed E-state index contributed by atoms with van der Waals surface area (Å²) >= 11 is 0. The first-order chi connectivity index (χ1) is 7.79. The number of nitrogens with zero attached hydrogens (tertiary/aromatic N) is 1. The van der Waals surface area contributed by atoms with Crippen molar-refractivity contribution in [2.24, 2.45) is 16.1 Å². The minimum atomic E-state index is -0.163. The normalized spacial score (nSPS) is 12.4. The summed E-state index contributed by atoms with van der Waals surface area (Å²) in [6, 6.07) is 7.29. The van der Waals surface area contributed by atoms with Crippen molar-refractivity contribution in [1.82, 2.24) is 0 Å². The Hall–Kier alpha value is -1.84. The van der Waals surface area contributed by atoms with Gasteiger partial charge in [0, 0.05) is 18.0 Å². The van der Waals surface area contributed by atoms with Crippen molar-refractivity contribution >= 4 is 23.1 Å². The highest BCUT2D eigenvalue weighted by Gasteiger charge is 2.15. The molecule has 17 heavy (non-hydrogen) atoms. The van der Waals surface area contributed by atoms with E-state index in [-0.39, 0.29) is 11.3 Å². The minimum Gasteiger partial charge on any atom is -0.387 e. The molecular formula is C13H19N3O. The summed E-state index contributed by atoms with van der Waals surface area (Å²) < 4.78 is 0. The van der Waals surface area contributed by atoms with Crippen LogP contribution in [0.25, 0.3) is 0 Å². The molecule has 4 nitrogen and oxygen atoms in total. The van der Waals surface area contributed by atoms with Crippen LogP contribution in [0.5, 0.6) is 0 Å². The lowest BCUT2D eigenvalue weighted by molar-refractivity contribution is -0.114. The summed E-state index contributed by atoms with van der Waals surface area (Å²) in [5.41, 5.74) is 7.20. The Morgan fingerprint density at radius 1 is 1.35 bits per heavy atom. The Bertz CT molecular complexity index is 444. The zero-order chi connectivity index (χ0) is 13.1. The van der Waals surface area contributed by atoms with Gasteiger partial charge in [-0.15, -0.1) is 0 Å². The van der Waals surface area contributed by atoms with Crippen LogP contribution < -0.4 is 11.1 Å². The third-order valence-electron chi connectivity index (χ3n) is 2.18. The van der Waals surface area contributed by atoms with Crippen molar-refractivity contribution in [1.29, 1.82) is 0 Å². The van der Waals surface area contributed by atoms with Gasteiger partial charge in [-0.1, -0.05) is 26.8 Å². The maximum Gasteiger partial charge on any atom is 0.221 e. The summed E-state index contributed by atoms with van der Waals surface area (Å²) in [5, 5.41) is 2.71. The van der Waals surface area contributed by atoms with Crippen molar-refractivity contribution in [3.05, 3.63) is 24.3 Å². The first-order valence-corrected chi connectivity index (χ1v) is 5.51. The predicted molar refractivity (Wildman–Crippen MR) is 71.5 cm³/mol. The summed E-state index contributed by atoms with van der Waals surface area (Å²) in [5.74, 6) is 0.465. The molecule has 1 aromatic carbocycles. The smallest absolute Gasteiger partial charge is 0.221 e. The van der Waals surface area contributed by atoms with E-state index < -0.39 is 0 Å². The largest absolute Gasteiger partial charge is 0.387 e. The van der Waals surface area contributed by atoms with E-state index in [0.29, 0.717) is 5.84 Å². The molecule has 0 atom stereocenters. The first-order valence-electron chi connectivity index (χ1n) is 5.51. The molecule has 0 aliphatic rings. The molecule has 0 aliphatic heterocycles. The van der Waals surface area contributed by atoms with Crippen LogP contribution in [-0.2, 0) is 4.79 Å². The van der Waals surface area contributed by atoms with Crippen LogP contribution in [0.4, 0.5) is 11.4 Å². The number of nitrogens with two attached hydrogens (primary N) is 1. The molecule has 0 saturated carbocycles. The lowest BCUT2D eigenvalue weighted by Crippen LogP contribution is -2.28. The molecule has 0 aromatic heterocycles. The fourth-order valence-electron chi connectivity index (χ4n) is 1.16. The third kappa shape index (κ3) is 4.26. The van der Waals surface area contributed by atoms with Crippen LogP contribution >= 0.6 is 0 Å². The second-order valence-electron chi connectivity index (χ2n) is 4.98. The van der Waals surface area contributed by atoms with Crippen molar-refractivity contribution < 1.29 is 4.79 Å². The zero-order valence-corrected chi connectivity index (χ0v) is 10.7. The number of amidine groups is 1. The molecule has 0 spiro atoms. The number of hydrogen-bond donors (Lipinski definition) is 2. The van der Waals surface area contributed by atoms with E-state index in [1.54, 1.807) is 6.07 Å². The molecule has 0 fully saturated rings. The zero-order valence-electron chi connectivity index (χ0n) is 10.7. The van der Waals surface area contributed by atoms with Gasteiger partial charge in [-0.05, 0) is 18.2 Å². The van der Waals surface area contributed by atoms with Crippen molar-refractivity contribution in [3.63, 3.8) is 0 Å². The second-order valence-corrected chi connectivity index (χ2v) is 4.98. The van der Waals surface area contributed by atoms with E-state index in [2.05, 4.69) is 10.3 Å². The van der Waals surface area contributed by atoms with Crippen molar-refractivity contribution in [2.75, 3.05) is 5.32 Å². The Morgan fingerprint density at radius 2 is 2.00 bits per heavy atom. The van der Waals surface area contributed by atoms with Gasteiger partial charge in [0.2, 0.25) is 5.91 Å². The number of nitrogens with one attached hydrogen (secondary N) is 1. The molecule has 3 N–H and O–H groups in total. The van der Waals surface area contributed by atoms with Crippen molar-refractivity contribution in [2.45, 2.75) is 27.7 Å². The van der Waals surface area contributed by atoms with Crippen LogP contribution in [0.1, 0.15) is 27.7 Å². The molecular weight excluding hydrogens is 214 g/mol. The summed E-state index contributed by atoms with van der Waals surface area (Å²) in [6.07, 6.45) is 0. The fourth-order valence-corrected chi connectivity index (χ4v) is 1.16. The van der Waals surface area contributed by atoms with E-state index in [1.165, 1.54) is 6.92 Å². The molecule has 4 heteroatoms. The van der Waals surface area contributed by atoms with Gasteiger partial charge in [-0.3, -0.25) is 4.79 Å². The number of benzene rings is 1. The first kappa shape index (κ1) is 13.2. The van der Waals surface area contributed by atoms with Crippen LogP contribution in [0.2, 0.25) is 0 Å². The van der Waals surface area contributed by atoms with E-state index in [9.17, 15) is 4.79 Å². The highest BCUT2D eigenvalue weighted by atomic mass is 16.1. The summed E-state index contributed by atoms with van der Waals surface area (Å²) in [4.78, 5) is 15.3. The molecule has 0 aliphatic carbocycles. The number of hydrogen-bond acceptors (Lipinski definition) is 2. The lowest BCUT2D eigenvalue weighted by Gasteiger charge is -2.17. The van der Waals surface area contributed by atoms with Gasteiger partial charge in [0.15, 0.2) is 0 Å². The SMILES string of the molecule is CC(=O)Nc1cccc(N=C(N)C(C)(C)C)c1. The molecule has 1 amide bonds. The second kappa shape index (κ2) is 4.99. The minimum absolute atomic E-state index is 0.102. The summed E-state index contributed by atoms with van der Waals surface area (Å²) in [6.45, 7) is 7.48. The monoisotopic (exact) mass is 233 g/mol. The van der Waals surface area contributed by atoms with Gasteiger partial charge in [0.05, 0.1) is 5.69 Å². The number of carbonyl (C=O) groups excluding carboxylic acids is 1. The highest BCUT2D eigenvalue weighted by Crippen LogP contribution is 2.21. The number of carbonyl (C=O) groups is 1. The highest BCUT2D eigenvalue weighted by molar-refractivity contribution is 5.90. The van der Waals surface area contributed by atoms with Crippen molar-refractivity contribution in [3.8, 4) is 0 Å². The molecule has 0 unspecified atom stereocenters. The van der Waals surface area contributed by atoms with Gasteiger partial charge in [-0.2, -0.15) is 0 Å². The van der Waals surface area contributed by atoms with E-state index in [1.807, 2.05) is 39.0 Å². The Balaban J connectivity index is 2.97. The molecule has 92 valence electrons. The molecule has 1 rings (SSSR count). The maximum absolute atomic E-state index is 10.9. The number of rotatable bonds is 2. The molecule has 0 bridgehead atoms. The van der Waals surface area contributed by atoms with E-state index in [4.69, 9.17) is 5.73 Å². The van der Waals surface area contributed by atoms with E-state index >= 15 is 0 Å². The molecule has 0 radical (unpaired) electrons. The standard InChI is InChI=1S/C13H19N3O/c1-9(17)15-10-6-5-7-11(8-10)16-12(14)13(2,3)4/h5-8H,1-4H3,(H2,14,16)(H,15,17). The topological polar surface area (TPSA) is 67.5 Å². The Morgan fingerprint density at radius 3 is 2.53 bits per heavy atom. The average molecular weight is 233 g/mol. The van der Waals surface area contributed by atoms with Crippen LogP contribution in [0.15, 0.2) is 29.3 Å². The molecule has 0 heterocycles. The van der Waals surface area contributed by atoms with Gasteiger partial charge in [-0.25, -0.2) is 4.99 Å². The fraction of sp³-hybridized carbons (Fsp3) is 0.385. The summed E-state index contributed by atoms with van der Waals surface area (Å²) in [7, 11) is 0. The van der Waals surface area contributed by atoms with E-state index in [0.717, 1.165) is 11.4 Å². The number of aliphatic imine (C=N–C) groups is 1. The number of anilines is 1. The average Bonchev–Trinajstić information content (AvgIpc) is 2.15. The van der Waals surface area contributed by atoms with Gasteiger partial charge in [0.25, 0.3) is 0 Å². The van der Waals surface area contributed by atoms with Gasteiger partial charge < -0.3 is 11.1 Å². The van der Waals surface area contributed by atoms with Crippen LogP contribution in [0, 0.1) is 5.41 Å². The van der Waals surface area contributed by atoms with Gasteiger partial charge >= 0.3 is 0 Å². The Kier molecular flexibility index (Phi) is 3.89. The van der Waals surface area contributed by atoms with Crippen LogP contribution in [0.3, 0.4) is 0 Å².